The molecule has 0 saturated carbocycles. The zero-order valence-electron chi connectivity index (χ0n) is 23.6. The summed E-state index contributed by atoms with van der Waals surface area (Å²) in [6.45, 7) is 4.84. The van der Waals surface area contributed by atoms with E-state index in [1.165, 1.54) is 93.5 Å². The second-order valence-electron chi connectivity index (χ2n) is 12.5. The SMILES string of the molecule is CC1(C)c2ccccc2-c2c1c1c3cc4c5c(cccc5c3n(-c3ccccc3)c1c1ccccc21)-c1ccccc1-4. The minimum absolute atomic E-state index is 0.140. The molecule has 0 aliphatic heterocycles. The maximum atomic E-state index is 2.57. The minimum atomic E-state index is -0.140. The predicted octanol–water partition coefficient (Wildman–Crippen LogP) is 11.0. The van der Waals surface area contributed by atoms with E-state index < -0.39 is 0 Å². The number of hydrogen-bond donors (Lipinski definition) is 0. The lowest BCUT2D eigenvalue weighted by atomic mass is 9.79. The lowest BCUT2D eigenvalue weighted by molar-refractivity contribution is 0.667. The van der Waals surface area contributed by atoms with Gasteiger partial charge in [-0.1, -0.05) is 123 Å². The maximum absolute atomic E-state index is 2.57. The lowest BCUT2D eigenvalue weighted by Gasteiger charge is -2.23. The third-order valence-electron chi connectivity index (χ3n) is 10.1. The number of para-hydroxylation sites is 1. The second-order valence-corrected chi connectivity index (χ2v) is 12.5. The Morgan fingerprint density at radius 3 is 1.88 bits per heavy atom. The van der Waals surface area contributed by atoms with Gasteiger partial charge in [0.05, 0.1) is 11.0 Å². The zero-order chi connectivity index (χ0) is 27.7. The molecule has 1 nitrogen and oxygen atoms in total. The average Bonchev–Trinajstić information content (AvgIpc) is 3.63. The first-order chi connectivity index (χ1) is 20.6. The van der Waals surface area contributed by atoms with Gasteiger partial charge in [-0.2, -0.15) is 0 Å². The fourth-order valence-corrected chi connectivity index (χ4v) is 8.44. The quantitative estimate of drug-likeness (QED) is 0.198. The Bertz CT molecular complexity index is 2470. The molecule has 0 spiro atoms. The highest BCUT2D eigenvalue weighted by Gasteiger charge is 2.40. The standard InChI is InChI=1S/C41H27N/c1-41(2)34-22-11-10-19-30(34)36-28-17-8-9-18-29(28)40-37(38(36)41)33-23-32-26-16-7-6-15-25(26)27-20-12-21-31(35(27)32)39(33)42(40)24-13-4-3-5-14-24/h3-23H,1-2H3. The van der Waals surface area contributed by atoms with Gasteiger partial charge in [-0.25, -0.2) is 0 Å². The summed E-state index contributed by atoms with van der Waals surface area (Å²) in [6.07, 6.45) is 0. The van der Waals surface area contributed by atoms with Crippen LogP contribution in [0, 0.1) is 0 Å². The number of rotatable bonds is 1. The summed E-state index contributed by atoms with van der Waals surface area (Å²) in [5.74, 6) is 0. The third-order valence-corrected chi connectivity index (χ3v) is 10.1. The van der Waals surface area contributed by atoms with Crippen molar-refractivity contribution in [1.82, 2.24) is 4.57 Å². The van der Waals surface area contributed by atoms with E-state index >= 15 is 0 Å². The highest BCUT2D eigenvalue weighted by atomic mass is 15.0. The first kappa shape index (κ1) is 22.5. The van der Waals surface area contributed by atoms with Gasteiger partial charge < -0.3 is 4.57 Å². The lowest BCUT2D eigenvalue weighted by Crippen LogP contribution is -2.15. The summed E-state index contributed by atoms with van der Waals surface area (Å²) in [4.78, 5) is 0. The van der Waals surface area contributed by atoms with Crippen molar-refractivity contribution in [2.45, 2.75) is 19.3 Å². The van der Waals surface area contributed by atoms with Crippen LogP contribution in [-0.4, -0.2) is 4.57 Å². The topological polar surface area (TPSA) is 4.93 Å². The molecule has 196 valence electrons. The molecule has 10 rings (SSSR count). The van der Waals surface area contributed by atoms with Crippen LogP contribution in [0.3, 0.4) is 0 Å². The van der Waals surface area contributed by atoms with E-state index in [0.29, 0.717) is 0 Å². The van der Waals surface area contributed by atoms with Crippen LogP contribution in [0.1, 0.15) is 25.0 Å². The van der Waals surface area contributed by atoms with E-state index in [1.54, 1.807) is 0 Å². The Hall–Kier alpha value is -5.14. The molecule has 0 bridgehead atoms. The fraction of sp³-hybridized carbons (Fsp3) is 0.0732. The van der Waals surface area contributed by atoms with E-state index in [1.807, 2.05) is 0 Å². The molecule has 0 amide bonds. The van der Waals surface area contributed by atoms with Gasteiger partial charge in [-0.05, 0) is 73.5 Å². The van der Waals surface area contributed by atoms with E-state index in [9.17, 15) is 0 Å². The largest absolute Gasteiger partial charge is 0.308 e. The first-order valence-corrected chi connectivity index (χ1v) is 14.9. The Morgan fingerprint density at radius 2 is 1.07 bits per heavy atom. The molecule has 0 saturated heterocycles. The van der Waals surface area contributed by atoms with Gasteiger partial charge in [-0.15, -0.1) is 0 Å². The van der Waals surface area contributed by atoms with Crippen molar-refractivity contribution in [3.63, 3.8) is 0 Å². The van der Waals surface area contributed by atoms with Crippen LogP contribution in [0.4, 0.5) is 0 Å². The van der Waals surface area contributed by atoms with Crippen molar-refractivity contribution in [1.29, 1.82) is 0 Å². The Kier molecular flexibility index (Phi) is 4.06. The maximum Gasteiger partial charge on any atom is 0.0623 e. The molecular weight excluding hydrogens is 506 g/mol. The van der Waals surface area contributed by atoms with Crippen LogP contribution in [0.5, 0.6) is 0 Å². The molecule has 0 fully saturated rings. The molecular formula is C41H27N. The summed E-state index contributed by atoms with van der Waals surface area (Å²) >= 11 is 0. The van der Waals surface area contributed by atoms with Crippen LogP contribution in [0.25, 0.3) is 82.4 Å². The van der Waals surface area contributed by atoms with Gasteiger partial charge in [0.25, 0.3) is 0 Å². The highest BCUT2D eigenvalue weighted by molar-refractivity contribution is 6.32. The minimum Gasteiger partial charge on any atom is -0.308 e. The van der Waals surface area contributed by atoms with Crippen LogP contribution in [0.15, 0.2) is 127 Å². The van der Waals surface area contributed by atoms with Crippen LogP contribution in [-0.2, 0) is 5.41 Å². The van der Waals surface area contributed by atoms with E-state index in [2.05, 4.69) is 146 Å². The Morgan fingerprint density at radius 1 is 0.452 bits per heavy atom. The first-order valence-electron chi connectivity index (χ1n) is 14.9. The molecule has 2 aliphatic rings. The molecule has 0 atom stereocenters. The number of aromatic nitrogens is 1. The molecule has 2 aliphatic carbocycles. The van der Waals surface area contributed by atoms with Gasteiger partial charge in [0, 0.05) is 32.6 Å². The van der Waals surface area contributed by atoms with Gasteiger partial charge in [0.2, 0.25) is 0 Å². The van der Waals surface area contributed by atoms with Crippen molar-refractivity contribution >= 4 is 43.4 Å². The normalized spacial score (nSPS) is 14.1. The average molecular weight is 534 g/mol. The number of hydrogen-bond acceptors (Lipinski definition) is 0. The summed E-state index contributed by atoms with van der Waals surface area (Å²) in [6, 6.07) is 47.4. The fourth-order valence-electron chi connectivity index (χ4n) is 8.44. The molecule has 8 aromatic rings. The van der Waals surface area contributed by atoms with E-state index in [4.69, 9.17) is 0 Å². The smallest absolute Gasteiger partial charge is 0.0623 e. The molecule has 42 heavy (non-hydrogen) atoms. The van der Waals surface area contributed by atoms with Crippen molar-refractivity contribution in [2.24, 2.45) is 0 Å². The molecule has 0 N–H and O–H groups in total. The second kappa shape index (κ2) is 7.57. The third kappa shape index (κ3) is 2.52. The summed E-state index contributed by atoms with van der Waals surface area (Å²) in [5.41, 5.74) is 14.7. The Balaban J connectivity index is 1.55. The molecule has 1 heterocycles. The number of fused-ring (bicyclic) bond motifs is 14. The highest BCUT2D eigenvalue weighted by Crippen LogP contribution is 2.58. The molecule has 1 heteroatoms. The molecule has 7 aromatic carbocycles. The van der Waals surface area contributed by atoms with Gasteiger partial charge in [-0.3, -0.25) is 0 Å². The van der Waals surface area contributed by atoms with E-state index in [-0.39, 0.29) is 5.41 Å². The Labute approximate surface area is 244 Å². The zero-order valence-corrected chi connectivity index (χ0v) is 23.6. The van der Waals surface area contributed by atoms with Crippen molar-refractivity contribution in [3.05, 3.63) is 139 Å². The van der Waals surface area contributed by atoms with Crippen LogP contribution >= 0.6 is 0 Å². The van der Waals surface area contributed by atoms with Crippen molar-refractivity contribution in [2.75, 3.05) is 0 Å². The van der Waals surface area contributed by atoms with Crippen molar-refractivity contribution in [3.8, 4) is 39.1 Å². The number of nitrogens with zero attached hydrogens (tertiary/aromatic N) is 1. The van der Waals surface area contributed by atoms with Gasteiger partial charge in [0.1, 0.15) is 0 Å². The molecule has 1 aromatic heterocycles. The van der Waals surface area contributed by atoms with Gasteiger partial charge in [0.15, 0.2) is 0 Å². The molecule has 0 radical (unpaired) electrons. The van der Waals surface area contributed by atoms with E-state index in [0.717, 1.165) is 0 Å². The predicted molar refractivity (Wildman–Crippen MR) is 178 cm³/mol. The van der Waals surface area contributed by atoms with Crippen LogP contribution < -0.4 is 0 Å². The van der Waals surface area contributed by atoms with Crippen LogP contribution in [0.2, 0.25) is 0 Å². The summed E-state index contributed by atoms with van der Waals surface area (Å²) in [5, 5.41) is 8.06. The summed E-state index contributed by atoms with van der Waals surface area (Å²) < 4.78 is 2.57. The summed E-state index contributed by atoms with van der Waals surface area (Å²) in [7, 11) is 0. The monoisotopic (exact) mass is 533 g/mol. The molecule has 0 unspecified atom stereocenters. The number of benzene rings is 7. The van der Waals surface area contributed by atoms with Crippen molar-refractivity contribution < 1.29 is 0 Å². The van der Waals surface area contributed by atoms with Gasteiger partial charge >= 0.3 is 0 Å².